The van der Waals surface area contributed by atoms with Crippen LogP contribution in [0.4, 0.5) is 0 Å². The lowest BCUT2D eigenvalue weighted by Crippen LogP contribution is -2.43. The minimum atomic E-state index is -0.347. The topological polar surface area (TPSA) is 47.6 Å². The predicted molar refractivity (Wildman–Crippen MR) is 26.9 cm³/mol. The Morgan fingerprint density at radius 1 is 1.86 bits per heavy atom. The summed E-state index contributed by atoms with van der Waals surface area (Å²) in [5, 5.41) is 3.38. The van der Waals surface area contributed by atoms with Crippen LogP contribution in [0.3, 0.4) is 0 Å². The van der Waals surface area contributed by atoms with E-state index in [-0.39, 0.29) is 4.86 Å². The number of hydroxylamine groups is 1. The minimum absolute atomic E-state index is 0.347. The Morgan fingerprint density at radius 2 is 2.29 bits per heavy atom. The van der Waals surface area contributed by atoms with E-state index in [9.17, 15) is 0 Å². The van der Waals surface area contributed by atoms with Crippen molar-refractivity contribution in [2.24, 2.45) is 10.9 Å². The molecule has 0 aromatic carbocycles. The second-order valence-electron chi connectivity index (χ2n) is 1.27. The number of nitrogens with two attached hydrogens (primary N) is 1. The van der Waals surface area contributed by atoms with Gasteiger partial charge in [-0.2, -0.15) is 4.84 Å². The molecule has 1 unspecified atom stereocenters. The fraction of sp³-hybridized carbons (Fsp3) is 0.667. The molecule has 4 heteroatoms. The largest absolute Gasteiger partial charge is 0.157 e. The molecule has 0 aliphatic heterocycles. The number of hydrogen-bond acceptors (Lipinski definition) is 3. The van der Waals surface area contributed by atoms with Gasteiger partial charge in [-0.15, -0.1) is 5.84 Å². The molecular weight excluding hydrogens is 94.1 g/mol. The zero-order valence-electron chi connectivity index (χ0n) is 4.59. The maximum Gasteiger partial charge on any atom is 0.146 e. The lowest BCUT2D eigenvalue weighted by atomic mass is 11.3. The van der Waals surface area contributed by atoms with Gasteiger partial charge >= 0.3 is 0 Å². The molecule has 0 aliphatic rings. The molecule has 0 amide bonds. The SMILES string of the molecule is C=N[N+](C)(N)OC. The predicted octanol–water partition coefficient (Wildman–Crippen LogP) is -0.516. The summed E-state index contributed by atoms with van der Waals surface area (Å²) in [7, 11) is 3.02. The molecule has 0 spiro atoms. The number of rotatable bonds is 2. The molecule has 0 radical (unpaired) electrons. The first-order valence-electron chi connectivity index (χ1n) is 1.81. The van der Waals surface area contributed by atoms with Crippen LogP contribution in [0.1, 0.15) is 0 Å². The van der Waals surface area contributed by atoms with Gasteiger partial charge in [0.1, 0.15) is 14.2 Å². The van der Waals surface area contributed by atoms with Crippen molar-refractivity contribution in [3.63, 3.8) is 0 Å². The van der Waals surface area contributed by atoms with Gasteiger partial charge in [0, 0.05) is 4.86 Å². The average Bonchev–Trinajstić information content (AvgIpc) is 1.68. The third-order valence-electron chi connectivity index (χ3n) is 0.650. The van der Waals surface area contributed by atoms with Gasteiger partial charge in [0.05, 0.1) is 6.72 Å². The Morgan fingerprint density at radius 3 is 2.29 bits per heavy atom. The van der Waals surface area contributed by atoms with E-state index in [1.807, 2.05) is 0 Å². The molecule has 42 valence electrons. The van der Waals surface area contributed by atoms with Crippen LogP contribution in [0.2, 0.25) is 0 Å². The van der Waals surface area contributed by atoms with Crippen LogP contribution in [0.15, 0.2) is 5.10 Å². The van der Waals surface area contributed by atoms with Crippen LogP contribution in [0.5, 0.6) is 0 Å². The highest BCUT2D eigenvalue weighted by Crippen LogP contribution is 1.87. The fourth-order valence-electron chi connectivity index (χ4n) is 0.0577. The summed E-state index contributed by atoms with van der Waals surface area (Å²) in [6.07, 6.45) is 0. The standard InChI is InChI=1S/C3H10N3O/c1-5-6(2,4)7-3/h1,4H2,2-3H3/q+1. The van der Waals surface area contributed by atoms with Crippen molar-refractivity contribution in [2.75, 3.05) is 14.2 Å². The second-order valence-corrected chi connectivity index (χ2v) is 1.27. The second kappa shape index (κ2) is 2.02. The lowest BCUT2D eigenvalue weighted by Gasteiger charge is -2.13. The van der Waals surface area contributed by atoms with Crippen LogP contribution >= 0.6 is 0 Å². The normalized spacial score (nSPS) is 18.1. The molecule has 0 bridgehead atoms. The molecule has 2 N–H and O–H groups in total. The van der Waals surface area contributed by atoms with E-state index >= 15 is 0 Å². The summed E-state index contributed by atoms with van der Waals surface area (Å²) in [5.74, 6) is 5.20. The van der Waals surface area contributed by atoms with E-state index in [1.54, 1.807) is 7.05 Å². The van der Waals surface area contributed by atoms with E-state index in [2.05, 4.69) is 16.7 Å². The van der Waals surface area contributed by atoms with E-state index in [4.69, 9.17) is 5.84 Å². The molecule has 7 heavy (non-hydrogen) atoms. The number of hydrogen-bond donors (Lipinski definition) is 1. The van der Waals surface area contributed by atoms with Crippen LogP contribution in [0.25, 0.3) is 0 Å². The Labute approximate surface area is 42.7 Å². The summed E-state index contributed by atoms with van der Waals surface area (Å²) in [6, 6.07) is 0. The molecule has 0 saturated heterocycles. The molecule has 0 heterocycles. The first kappa shape index (κ1) is 6.55. The van der Waals surface area contributed by atoms with Gasteiger partial charge in [0.2, 0.25) is 0 Å². The number of nitrogens with zero attached hydrogens (tertiary/aromatic N) is 2. The monoisotopic (exact) mass is 104 g/mol. The zero-order valence-corrected chi connectivity index (χ0v) is 4.59. The van der Waals surface area contributed by atoms with Gasteiger partial charge in [-0.05, 0) is 5.10 Å². The molecule has 0 rings (SSSR count). The summed E-state index contributed by atoms with van der Waals surface area (Å²) >= 11 is 0. The fourth-order valence-corrected chi connectivity index (χ4v) is 0.0577. The maximum absolute atomic E-state index is 5.20. The van der Waals surface area contributed by atoms with Crippen molar-refractivity contribution in [1.82, 2.24) is 0 Å². The van der Waals surface area contributed by atoms with E-state index in [0.29, 0.717) is 0 Å². The van der Waals surface area contributed by atoms with E-state index < -0.39 is 0 Å². The highest BCUT2D eigenvalue weighted by Gasteiger charge is 2.09. The molecule has 0 aliphatic carbocycles. The average molecular weight is 104 g/mol. The van der Waals surface area contributed by atoms with E-state index in [0.717, 1.165) is 0 Å². The first-order valence-corrected chi connectivity index (χ1v) is 1.81. The lowest BCUT2D eigenvalue weighted by molar-refractivity contribution is -1.10. The summed E-state index contributed by atoms with van der Waals surface area (Å²) < 4.78 is 0. The Balaban J connectivity index is 3.58. The van der Waals surface area contributed by atoms with Gasteiger partial charge in [-0.25, -0.2) is 0 Å². The minimum Gasteiger partial charge on any atom is -0.157 e. The van der Waals surface area contributed by atoms with Crippen LogP contribution < -0.4 is 5.84 Å². The van der Waals surface area contributed by atoms with Crippen molar-refractivity contribution < 1.29 is 9.70 Å². The smallest absolute Gasteiger partial charge is 0.146 e. The van der Waals surface area contributed by atoms with E-state index in [1.165, 1.54) is 7.11 Å². The molecule has 0 aromatic rings. The Hall–Kier alpha value is -0.450. The quantitative estimate of drug-likeness (QED) is 0.222. The Bertz CT molecular complexity index is 70.6. The third kappa shape index (κ3) is 2.27. The zero-order chi connectivity index (χ0) is 5.91. The summed E-state index contributed by atoms with van der Waals surface area (Å²) in [5.41, 5.74) is 0. The molecule has 0 fully saturated rings. The summed E-state index contributed by atoms with van der Waals surface area (Å²) in [6.45, 7) is 3.18. The highest BCUT2D eigenvalue weighted by atomic mass is 16.8. The van der Waals surface area contributed by atoms with Gasteiger partial charge in [-0.1, -0.05) is 0 Å². The molecule has 1 atom stereocenters. The van der Waals surface area contributed by atoms with Gasteiger partial charge < -0.3 is 0 Å². The van der Waals surface area contributed by atoms with Crippen molar-refractivity contribution in [3.8, 4) is 0 Å². The van der Waals surface area contributed by atoms with Crippen LogP contribution in [0, 0.1) is 0 Å². The van der Waals surface area contributed by atoms with Crippen LogP contribution in [-0.4, -0.2) is 25.7 Å². The maximum atomic E-state index is 5.20. The molecule has 4 nitrogen and oxygen atoms in total. The Kier molecular flexibility index (Phi) is 1.89. The first-order chi connectivity index (χ1) is 3.12. The highest BCUT2D eigenvalue weighted by molar-refractivity contribution is 5.21. The van der Waals surface area contributed by atoms with Gasteiger partial charge in [0.15, 0.2) is 0 Å². The van der Waals surface area contributed by atoms with Gasteiger partial charge in [0.25, 0.3) is 0 Å². The molecular formula is C3H10N3O+. The van der Waals surface area contributed by atoms with Crippen LogP contribution in [-0.2, 0) is 4.84 Å². The molecule has 0 saturated carbocycles. The van der Waals surface area contributed by atoms with Gasteiger partial charge in [-0.3, -0.25) is 0 Å². The number of quaternary nitrogens is 1. The van der Waals surface area contributed by atoms with Crippen molar-refractivity contribution in [3.05, 3.63) is 0 Å². The molecule has 0 aromatic heterocycles. The van der Waals surface area contributed by atoms with Crippen molar-refractivity contribution in [1.29, 1.82) is 0 Å². The third-order valence-corrected chi connectivity index (χ3v) is 0.650. The summed E-state index contributed by atoms with van der Waals surface area (Å²) in [4.78, 5) is 4.23. The van der Waals surface area contributed by atoms with Crippen molar-refractivity contribution in [2.45, 2.75) is 0 Å². The van der Waals surface area contributed by atoms with Crippen molar-refractivity contribution >= 4 is 6.72 Å².